The van der Waals surface area contributed by atoms with E-state index in [1.807, 2.05) is 0 Å². The van der Waals surface area contributed by atoms with Crippen LogP contribution < -0.4 is 0 Å². The average Bonchev–Trinajstić information content (AvgIpc) is 3.69. The van der Waals surface area contributed by atoms with Crippen molar-refractivity contribution >= 4 is 110 Å². The van der Waals surface area contributed by atoms with E-state index >= 15 is 0 Å². The van der Waals surface area contributed by atoms with E-state index in [9.17, 15) is 0 Å². The van der Waals surface area contributed by atoms with E-state index in [-0.39, 0.29) is 0 Å². The zero-order valence-electron chi connectivity index (χ0n) is 47.5. The Morgan fingerprint density at radius 3 is 0.588 bits per heavy atom. The summed E-state index contributed by atoms with van der Waals surface area (Å²) in [5.41, 5.74) is 40.5. The predicted molar refractivity (Wildman–Crippen MR) is 341 cm³/mol. The standard InChI is InChI=1S/C72H64N8/c1-33-21-37(5)61(38(6)22-33)65-53-17-13-49(73-53)50-14-18-54(74-50)66(62-39(7)23-34(2)24-40(62)8)59-31-47-48-32-60-68(64-43(11)27-36(4)28-44(64)12)56-20-16-52(76-56)51-15-19-55(75-51)67(63-41(9)25-35(3)26-42(63)10)58-30-46(71(79-58)72(48)80-60)45-29-57(65)77-69(45)70(47)78-59/h13-32,73-80H,1-12H3/q+4. The molecule has 0 aliphatic heterocycles. The van der Waals surface area contributed by atoms with Gasteiger partial charge in [0.25, 0.3) is 0 Å². The Morgan fingerprint density at radius 2 is 0.400 bits per heavy atom. The summed E-state index contributed by atoms with van der Waals surface area (Å²) in [5.74, 6) is 0. The highest BCUT2D eigenvalue weighted by Gasteiger charge is 2.29. The molecule has 8 heteroatoms. The molecule has 16 bridgehead atoms. The molecule has 0 aliphatic rings. The third kappa shape index (κ3) is 7.07. The number of fused-ring (bicyclic) bond motifs is 16. The van der Waals surface area contributed by atoms with E-state index < -0.39 is 0 Å². The first kappa shape index (κ1) is 47.8. The summed E-state index contributed by atoms with van der Waals surface area (Å²) >= 11 is 0. The molecule has 10 heterocycles. The minimum atomic E-state index is 1.02. The SMILES string of the molecule is Cc1cc(C)c(-[c+]2c3ccc([nH]3)c3ccc([nH]3)[c+](-c3c(C)cc(C)cc3C)c3cc4c5cc6[nH]c5c5[nH]c(cc5c5cc2[nH]c5c4[nH]3)[c+](-c2c(C)cc(C)cc2C)c2ccc([nH]2)c2ccc([nH]2)[c+]6-c2c(C)cc(C)cc2C)c(C)c1. The first-order valence-corrected chi connectivity index (χ1v) is 28.1. The van der Waals surface area contributed by atoms with Crippen LogP contribution in [0.2, 0.25) is 0 Å². The molecule has 10 aromatic heterocycles. The molecule has 15 rings (SSSR count). The van der Waals surface area contributed by atoms with Crippen LogP contribution >= 0.6 is 0 Å². The first-order valence-electron chi connectivity index (χ1n) is 28.1. The normalized spacial score (nSPS) is 12.2. The third-order valence-electron chi connectivity index (χ3n) is 17.5. The summed E-state index contributed by atoms with van der Waals surface area (Å²) in [4.78, 5) is 32.8. The summed E-state index contributed by atoms with van der Waals surface area (Å²) in [7, 11) is 0. The van der Waals surface area contributed by atoms with Crippen molar-refractivity contribution in [3.05, 3.63) is 188 Å². The fraction of sp³-hybridized carbons (Fsp3) is 0.167. The molecule has 80 heavy (non-hydrogen) atoms. The lowest BCUT2D eigenvalue weighted by Crippen LogP contribution is -1.92. The van der Waals surface area contributed by atoms with Gasteiger partial charge in [0.1, 0.15) is 66.4 Å². The summed E-state index contributed by atoms with van der Waals surface area (Å²) in [5, 5.41) is 4.38. The van der Waals surface area contributed by atoms with Crippen LogP contribution in [-0.2, 0) is 0 Å². The van der Waals surface area contributed by atoms with Crippen molar-refractivity contribution in [2.45, 2.75) is 83.1 Å². The minimum absolute atomic E-state index is 1.02. The Kier molecular flexibility index (Phi) is 10.2. The van der Waals surface area contributed by atoms with E-state index in [1.54, 1.807) is 0 Å². The molecule has 0 fully saturated rings. The van der Waals surface area contributed by atoms with Gasteiger partial charge in [0, 0.05) is 93.0 Å². The molecule has 8 nitrogen and oxygen atoms in total. The lowest BCUT2D eigenvalue weighted by molar-refractivity contribution is 1.32. The summed E-state index contributed by atoms with van der Waals surface area (Å²) in [6, 6.07) is 46.2. The molecule has 0 radical (unpaired) electrons. The minimum Gasteiger partial charge on any atom is -0.340 e. The van der Waals surface area contributed by atoms with E-state index in [0.717, 1.165) is 132 Å². The number of hydrogen-bond acceptors (Lipinski definition) is 0. The van der Waals surface area contributed by atoms with Crippen molar-refractivity contribution in [3.8, 4) is 44.5 Å². The van der Waals surface area contributed by atoms with Crippen LogP contribution in [0.5, 0.6) is 0 Å². The highest BCUT2D eigenvalue weighted by Crippen LogP contribution is 2.46. The second-order valence-corrected chi connectivity index (χ2v) is 23.6. The molecule has 0 saturated carbocycles. The van der Waals surface area contributed by atoms with Gasteiger partial charge < -0.3 is 39.9 Å². The maximum absolute atomic E-state index is 4.24. The van der Waals surface area contributed by atoms with Crippen molar-refractivity contribution in [2.75, 3.05) is 0 Å². The second-order valence-electron chi connectivity index (χ2n) is 23.6. The van der Waals surface area contributed by atoms with E-state index in [1.165, 1.54) is 89.0 Å². The Balaban J connectivity index is 1.26. The maximum atomic E-state index is 4.24. The molecule has 8 N–H and O–H groups in total. The van der Waals surface area contributed by atoms with E-state index in [2.05, 4.69) is 244 Å². The predicted octanol–water partition coefficient (Wildman–Crippen LogP) is 19.9. The smallest absolute Gasteiger partial charge is 0.118 e. The van der Waals surface area contributed by atoms with Gasteiger partial charge in [0.2, 0.25) is 0 Å². The van der Waals surface area contributed by atoms with Crippen molar-refractivity contribution in [1.82, 2.24) is 39.9 Å². The van der Waals surface area contributed by atoms with Gasteiger partial charge in [-0.2, -0.15) is 0 Å². The quantitative estimate of drug-likeness (QED) is 0.0800. The first-order chi connectivity index (χ1) is 38.5. The van der Waals surface area contributed by atoms with Gasteiger partial charge in [0.05, 0.1) is 87.9 Å². The number of hydrogen-bond donors (Lipinski definition) is 8. The number of rotatable bonds is 4. The zero-order chi connectivity index (χ0) is 54.9. The van der Waals surface area contributed by atoms with Crippen molar-refractivity contribution in [2.24, 2.45) is 0 Å². The Bertz CT molecular complexity index is 4570. The van der Waals surface area contributed by atoms with Gasteiger partial charge in [-0.15, -0.1) is 0 Å². The molecule has 388 valence electrons. The molecular formula is C72H64N8+4. The largest absolute Gasteiger partial charge is 0.340 e. The van der Waals surface area contributed by atoms with Gasteiger partial charge in [0.15, 0.2) is 0 Å². The highest BCUT2D eigenvalue weighted by molar-refractivity contribution is 6.28. The Labute approximate surface area is 463 Å². The van der Waals surface area contributed by atoms with Crippen LogP contribution in [0, 0.1) is 83.1 Å². The molecule has 0 amide bonds. The van der Waals surface area contributed by atoms with Crippen LogP contribution in [0.3, 0.4) is 0 Å². The van der Waals surface area contributed by atoms with Crippen LogP contribution in [0.25, 0.3) is 154 Å². The molecular weight excluding hydrogens is 977 g/mol. The molecule has 0 spiro atoms. The number of aryl methyl sites for hydroxylation is 12. The fourth-order valence-corrected chi connectivity index (χ4v) is 14.7. The van der Waals surface area contributed by atoms with E-state index in [4.69, 9.17) is 0 Å². The maximum Gasteiger partial charge on any atom is 0.118 e. The highest BCUT2D eigenvalue weighted by atomic mass is 14.8. The number of aromatic amines is 8. The average molecular weight is 1040 g/mol. The number of aromatic nitrogens is 8. The van der Waals surface area contributed by atoms with Gasteiger partial charge in [-0.05, 0) is 178 Å². The van der Waals surface area contributed by atoms with Gasteiger partial charge >= 0.3 is 0 Å². The van der Waals surface area contributed by atoms with Crippen molar-refractivity contribution in [3.63, 3.8) is 0 Å². The topological polar surface area (TPSA) is 126 Å². The Morgan fingerprint density at radius 1 is 0.212 bits per heavy atom. The Hall–Kier alpha value is -9.40. The fourth-order valence-electron chi connectivity index (χ4n) is 14.7. The molecule has 0 unspecified atom stereocenters. The van der Waals surface area contributed by atoms with Crippen LogP contribution in [0.4, 0.5) is 0 Å². The molecule has 15 aromatic rings. The van der Waals surface area contributed by atoms with Crippen LogP contribution in [0.1, 0.15) is 66.8 Å². The van der Waals surface area contributed by atoms with Crippen molar-refractivity contribution < 1.29 is 0 Å². The van der Waals surface area contributed by atoms with Crippen LogP contribution in [-0.4, -0.2) is 39.9 Å². The second kappa shape index (κ2) is 17.1. The lowest BCUT2D eigenvalue weighted by Gasteiger charge is -2.06. The molecule has 0 aliphatic carbocycles. The third-order valence-corrected chi connectivity index (χ3v) is 17.5. The molecule has 0 atom stereocenters. The lowest BCUT2D eigenvalue weighted by atomic mass is 9.93. The molecule has 5 aromatic carbocycles. The number of nitrogens with one attached hydrogen (secondary N) is 8. The van der Waals surface area contributed by atoms with E-state index in [0.29, 0.717) is 0 Å². The number of H-pyrrole nitrogens is 8. The van der Waals surface area contributed by atoms with Gasteiger partial charge in [-0.25, -0.2) is 0 Å². The summed E-state index contributed by atoms with van der Waals surface area (Å²) in [6.45, 7) is 26.8. The van der Waals surface area contributed by atoms with Crippen molar-refractivity contribution in [1.29, 1.82) is 0 Å². The van der Waals surface area contributed by atoms with Gasteiger partial charge in [-0.3, -0.25) is 0 Å². The molecule has 0 saturated heterocycles. The monoisotopic (exact) mass is 1040 g/mol. The van der Waals surface area contributed by atoms with Crippen LogP contribution in [0.15, 0.2) is 121 Å². The summed E-state index contributed by atoms with van der Waals surface area (Å²) in [6.07, 6.45) is 0. The zero-order valence-corrected chi connectivity index (χ0v) is 47.5. The number of benzene rings is 4. The summed E-state index contributed by atoms with van der Waals surface area (Å²) < 4.78 is 0. The van der Waals surface area contributed by atoms with Gasteiger partial charge in [-0.1, -0.05) is 0 Å².